The topological polar surface area (TPSA) is 97.5 Å². The lowest BCUT2D eigenvalue weighted by molar-refractivity contribution is 0.0155. The molecule has 1 saturated heterocycles. The average Bonchev–Trinajstić information content (AvgIpc) is 2.96. The molecule has 8 nitrogen and oxygen atoms in total. The minimum atomic E-state index is -0.978. The number of hydrogen-bond donors (Lipinski definition) is 1. The van der Waals surface area contributed by atoms with Crippen molar-refractivity contribution in [3.05, 3.63) is 23.8 Å². The number of aromatic carboxylic acids is 1. The van der Waals surface area contributed by atoms with Crippen LogP contribution < -0.4 is 0 Å². The molecule has 1 aromatic heterocycles. The summed E-state index contributed by atoms with van der Waals surface area (Å²) in [6.45, 7) is 7.43. The fourth-order valence-electron chi connectivity index (χ4n) is 3.18. The molecular formula is C18H24N4O4. The summed E-state index contributed by atoms with van der Waals surface area (Å²) in [6, 6.07) is 4.77. The van der Waals surface area contributed by atoms with Gasteiger partial charge in [0.25, 0.3) is 0 Å². The lowest BCUT2D eigenvalue weighted by atomic mass is 9.98. The molecule has 140 valence electrons. The van der Waals surface area contributed by atoms with E-state index in [1.54, 1.807) is 21.7 Å². The summed E-state index contributed by atoms with van der Waals surface area (Å²) in [7, 11) is 0. The normalized spacial score (nSPS) is 18.1. The Morgan fingerprint density at radius 1 is 1.35 bits per heavy atom. The van der Waals surface area contributed by atoms with Crippen LogP contribution in [-0.4, -0.2) is 55.8 Å². The quantitative estimate of drug-likeness (QED) is 0.904. The number of likely N-dealkylation sites (tertiary alicyclic amines) is 1. The molecule has 2 heterocycles. The molecule has 0 saturated carbocycles. The van der Waals surface area contributed by atoms with Crippen molar-refractivity contribution in [1.82, 2.24) is 19.9 Å². The molecule has 0 aliphatic carbocycles. The van der Waals surface area contributed by atoms with Crippen LogP contribution in [0.4, 0.5) is 4.79 Å². The van der Waals surface area contributed by atoms with Gasteiger partial charge in [-0.15, -0.1) is 5.10 Å². The van der Waals surface area contributed by atoms with Gasteiger partial charge in [-0.1, -0.05) is 5.21 Å². The molecule has 0 spiro atoms. The highest BCUT2D eigenvalue weighted by Gasteiger charge is 2.28. The van der Waals surface area contributed by atoms with Crippen LogP contribution in [-0.2, 0) is 11.3 Å². The van der Waals surface area contributed by atoms with Crippen molar-refractivity contribution in [2.45, 2.75) is 45.8 Å². The van der Waals surface area contributed by atoms with Gasteiger partial charge in [0.15, 0.2) is 0 Å². The number of rotatable bonds is 3. The van der Waals surface area contributed by atoms with Gasteiger partial charge in [0, 0.05) is 19.6 Å². The maximum Gasteiger partial charge on any atom is 0.410 e. The Bertz CT molecular complexity index is 824. The number of carboxylic acids is 1. The smallest absolute Gasteiger partial charge is 0.410 e. The van der Waals surface area contributed by atoms with Gasteiger partial charge >= 0.3 is 12.1 Å². The van der Waals surface area contributed by atoms with E-state index in [4.69, 9.17) is 4.74 Å². The number of piperidine rings is 1. The first kappa shape index (κ1) is 18.2. The third kappa shape index (κ3) is 4.12. The molecule has 1 aliphatic rings. The SMILES string of the molecule is CC(C)(C)OC(=O)N1CCCC(Cn2nnc3ccc(C(=O)O)cc32)C1. The second-order valence-electron chi connectivity index (χ2n) is 7.71. The molecule has 26 heavy (non-hydrogen) atoms. The van der Waals surface area contributed by atoms with Gasteiger partial charge < -0.3 is 14.7 Å². The van der Waals surface area contributed by atoms with E-state index in [0.717, 1.165) is 12.8 Å². The molecule has 3 rings (SSSR count). The van der Waals surface area contributed by atoms with Crippen LogP contribution in [0.25, 0.3) is 11.0 Å². The van der Waals surface area contributed by atoms with Gasteiger partial charge in [-0.2, -0.15) is 0 Å². The minimum absolute atomic E-state index is 0.208. The number of carbonyl (C=O) groups excluding carboxylic acids is 1. The second kappa shape index (κ2) is 6.93. The fourth-order valence-corrected chi connectivity index (χ4v) is 3.18. The Kier molecular flexibility index (Phi) is 4.84. The molecule has 8 heteroatoms. The number of benzene rings is 1. The molecule has 1 unspecified atom stereocenters. The maximum absolute atomic E-state index is 12.3. The lowest BCUT2D eigenvalue weighted by Gasteiger charge is -2.34. The zero-order valence-electron chi connectivity index (χ0n) is 15.3. The summed E-state index contributed by atoms with van der Waals surface area (Å²) in [6.07, 6.45) is 1.58. The standard InChI is InChI=1S/C18H24N4O4/c1-18(2,3)26-17(25)21-8-4-5-12(10-21)11-22-15-9-13(16(23)24)6-7-14(15)19-20-22/h6-7,9,12H,4-5,8,10-11H2,1-3H3,(H,23,24). The largest absolute Gasteiger partial charge is 0.478 e. The molecule has 0 radical (unpaired) electrons. The van der Waals surface area contributed by atoms with Crippen LogP contribution in [0, 0.1) is 5.92 Å². The Balaban J connectivity index is 1.72. The number of carboxylic acid groups (broad SMARTS) is 1. The summed E-state index contributed by atoms with van der Waals surface area (Å²) < 4.78 is 7.19. The van der Waals surface area contributed by atoms with Crippen molar-refractivity contribution in [2.24, 2.45) is 5.92 Å². The number of aromatic nitrogens is 3. The summed E-state index contributed by atoms with van der Waals surface area (Å²) in [5, 5.41) is 17.4. The molecule has 1 atom stereocenters. The van der Waals surface area contributed by atoms with E-state index < -0.39 is 11.6 Å². The summed E-state index contributed by atoms with van der Waals surface area (Å²) in [5.41, 5.74) is 1.05. The van der Waals surface area contributed by atoms with Crippen LogP contribution in [0.15, 0.2) is 18.2 Å². The van der Waals surface area contributed by atoms with Gasteiger partial charge in [-0.25, -0.2) is 14.3 Å². The van der Waals surface area contributed by atoms with Gasteiger partial charge in [-0.3, -0.25) is 0 Å². The van der Waals surface area contributed by atoms with Gasteiger partial charge in [0.05, 0.1) is 11.1 Å². The van der Waals surface area contributed by atoms with E-state index in [0.29, 0.717) is 30.7 Å². The van der Waals surface area contributed by atoms with Crippen LogP contribution in [0.3, 0.4) is 0 Å². The fraction of sp³-hybridized carbons (Fsp3) is 0.556. The summed E-state index contributed by atoms with van der Waals surface area (Å²) in [4.78, 5) is 25.2. The van der Waals surface area contributed by atoms with Crippen LogP contribution in [0.5, 0.6) is 0 Å². The van der Waals surface area contributed by atoms with E-state index in [1.165, 1.54) is 6.07 Å². The summed E-state index contributed by atoms with van der Waals surface area (Å²) in [5.74, 6) is -0.761. The van der Waals surface area contributed by atoms with Gasteiger partial charge in [0.1, 0.15) is 11.1 Å². The third-order valence-corrected chi connectivity index (χ3v) is 4.36. The number of fused-ring (bicyclic) bond motifs is 1. The van der Waals surface area contributed by atoms with Crippen molar-refractivity contribution in [3.8, 4) is 0 Å². The molecule has 1 N–H and O–H groups in total. The monoisotopic (exact) mass is 360 g/mol. The highest BCUT2D eigenvalue weighted by molar-refractivity contribution is 5.92. The van der Waals surface area contributed by atoms with Crippen molar-refractivity contribution in [3.63, 3.8) is 0 Å². The second-order valence-corrected chi connectivity index (χ2v) is 7.71. The molecule has 1 aliphatic heterocycles. The number of hydrogen-bond acceptors (Lipinski definition) is 5. The first-order chi connectivity index (χ1) is 12.2. The molecule has 1 fully saturated rings. The first-order valence-corrected chi connectivity index (χ1v) is 8.77. The van der Waals surface area contributed by atoms with E-state index in [2.05, 4.69) is 10.3 Å². The van der Waals surface area contributed by atoms with Gasteiger partial charge in [0.2, 0.25) is 0 Å². The molecule has 1 amide bonds. The molecular weight excluding hydrogens is 336 g/mol. The molecule has 1 aromatic carbocycles. The predicted octanol–water partition coefficient (Wildman–Crippen LogP) is 2.78. The molecule has 0 bridgehead atoms. The predicted molar refractivity (Wildman–Crippen MR) is 95.0 cm³/mol. The highest BCUT2D eigenvalue weighted by Crippen LogP contribution is 2.22. The number of carbonyl (C=O) groups is 2. The Hall–Kier alpha value is -2.64. The van der Waals surface area contributed by atoms with Crippen molar-refractivity contribution in [1.29, 1.82) is 0 Å². The zero-order valence-corrected chi connectivity index (χ0v) is 15.3. The van der Waals surface area contributed by atoms with Crippen LogP contribution in [0.2, 0.25) is 0 Å². The first-order valence-electron chi connectivity index (χ1n) is 8.77. The highest BCUT2D eigenvalue weighted by atomic mass is 16.6. The van der Waals surface area contributed by atoms with Crippen molar-refractivity contribution in [2.75, 3.05) is 13.1 Å². The van der Waals surface area contributed by atoms with Crippen LogP contribution >= 0.6 is 0 Å². The Morgan fingerprint density at radius 2 is 2.12 bits per heavy atom. The number of ether oxygens (including phenoxy) is 1. The average molecular weight is 360 g/mol. The van der Waals surface area contributed by atoms with Crippen LogP contribution in [0.1, 0.15) is 44.0 Å². The number of amides is 1. The van der Waals surface area contributed by atoms with Crippen molar-refractivity contribution < 1.29 is 19.4 Å². The van der Waals surface area contributed by atoms with E-state index in [-0.39, 0.29) is 17.6 Å². The lowest BCUT2D eigenvalue weighted by Crippen LogP contribution is -2.43. The minimum Gasteiger partial charge on any atom is -0.478 e. The summed E-state index contributed by atoms with van der Waals surface area (Å²) >= 11 is 0. The van der Waals surface area contributed by atoms with Gasteiger partial charge in [-0.05, 0) is 57.7 Å². The zero-order chi connectivity index (χ0) is 18.9. The van der Waals surface area contributed by atoms with E-state index >= 15 is 0 Å². The Morgan fingerprint density at radius 3 is 2.81 bits per heavy atom. The van der Waals surface area contributed by atoms with Crippen molar-refractivity contribution >= 4 is 23.1 Å². The third-order valence-electron chi connectivity index (χ3n) is 4.36. The Labute approximate surface area is 151 Å². The molecule has 2 aromatic rings. The number of nitrogens with zero attached hydrogens (tertiary/aromatic N) is 4. The van der Waals surface area contributed by atoms with E-state index in [1.807, 2.05) is 20.8 Å². The van der Waals surface area contributed by atoms with E-state index in [9.17, 15) is 14.7 Å². The maximum atomic E-state index is 12.3.